The SMILES string of the molecule is CCCNC(=O)C(CN)Cc1ccnn1C. The second-order valence-corrected chi connectivity index (χ2v) is 3.87. The Morgan fingerprint density at radius 2 is 2.44 bits per heavy atom. The molecule has 1 unspecified atom stereocenters. The summed E-state index contributed by atoms with van der Waals surface area (Å²) < 4.78 is 1.77. The minimum Gasteiger partial charge on any atom is -0.356 e. The zero-order chi connectivity index (χ0) is 12.0. The highest BCUT2D eigenvalue weighted by atomic mass is 16.1. The standard InChI is InChI=1S/C11H20N4O/c1-3-5-13-11(16)9(8-12)7-10-4-6-14-15(10)2/h4,6,9H,3,5,7-8,12H2,1-2H3,(H,13,16). The Morgan fingerprint density at radius 3 is 2.94 bits per heavy atom. The summed E-state index contributed by atoms with van der Waals surface area (Å²) in [6, 6.07) is 1.91. The van der Waals surface area contributed by atoms with Gasteiger partial charge in [0.1, 0.15) is 0 Å². The first-order chi connectivity index (χ1) is 7.69. The van der Waals surface area contributed by atoms with Gasteiger partial charge in [0, 0.05) is 38.4 Å². The highest BCUT2D eigenvalue weighted by molar-refractivity contribution is 5.79. The lowest BCUT2D eigenvalue weighted by atomic mass is 10.0. The fraction of sp³-hybridized carbons (Fsp3) is 0.636. The van der Waals surface area contributed by atoms with Gasteiger partial charge in [-0.15, -0.1) is 0 Å². The molecule has 0 spiro atoms. The van der Waals surface area contributed by atoms with E-state index in [-0.39, 0.29) is 11.8 Å². The third kappa shape index (κ3) is 3.34. The molecule has 1 amide bonds. The summed E-state index contributed by atoms with van der Waals surface area (Å²) in [6.07, 6.45) is 3.31. The third-order valence-corrected chi connectivity index (χ3v) is 2.58. The van der Waals surface area contributed by atoms with Crippen LogP contribution in [0.25, 0.3) is 0 Å². The number of aryl methyl sites for hydroxylation is 1. The van der Waals surface area contributed by atoms with E-state index >= 15 is 0 Å². The molecule has 0 bridgehead atoms. The maximum absolute atomic E-state index is 11.7. The Bertz CT molecular complexity index is 334. The molecule has 0 aliphatic rings. The normalized spacial score (nSPS) is 12.4. The fourth-order valence-corrected chi connectivity index (χ4v) is 1.53. The maximum atomic E-state index is 11.7. The minimum atomic E-state index is -0.165. The first-order valence-electron chi connectivity index (χ1n) is 5.63. The summed E-state index contributed by atoms with van der Waals surface area (Å²) in [7, 11) is 1.87. The number of carbonyl (C=O) groups excluding carboxylic acids is 1. The number of hydrogen-bond acceptors (Lipinski definition) is 3. The number of aromatic nitrogens is 2. The Labute approximate surface area is 96.0 Å². The van der Waals surface area contributed by atoms with Crippen LogP contribution >= 0.6 is 0 Å². The van der Waals surface area contributed by atoms with Crippen LogP contribution in [-0.2, 0) is 18.3 Å². The zero-order valence-corrected chi connectivity index (χ0v) is 9.94. The molecular formula is C11H20N4O. The number of nitrogens with one attached hydrogen (secondary N) is 1. The second kappa shape index (κ2) is 6.27. The molecule has 0 aliphatic carbocycles. The van der Waals surface area contributed by atoms with Gasteiger partial charge in [0.05, 0.1) is 5.92 Å². The molecule has 0 aromatic carbocycles. The zero-order valence-electron chi connectivity index (χ0n) is 9.94. The molecule has 5 nitrogen and oxygen atoms in total. The predicted octanol–water partition coefficient (Wildman–Crippen LogP) is 0.0637. The molecule has 1 atom stereocenters. The predicted molar refractivity (Wildman–Crippen MR) is 62.8 cm³/mol. The van der Waals surface area contributed by atoms with Crippen molar-refractivity contribution in [3.63, 3.8) is 0 Å². The molecule has 0 radical (unpaired) electrons. The van der Waals surface area contributed by atoms with Gasteiger partial charge in [-0.1, -0.05) is 6.92 Å². The first kappa shape index (κ1) is 12.7. The summed E-state index contributed by atoms with van der Waals surface area (Å²) in [5, 5.41) is 6.94. The van der Waals surface area contributed by atoms with Gasteiger partial charge in [-0.05, 0) is 12.5 Å². The van der Waals surface area contributed by atoms with Gasteiger partial charge in [-0.3, -0.25) is 9.48 Å². The Morgan fingerprint density at radius 1 is 1.69 bits per heavy atom. The fourth-order valence-electron chi connectivity index (χ4n) is 1.53. The van der Waals surface area contributed by atoms with Gasteiger partial charge < -0.3 is 11.1 Å². The monoisotopic (exact) mass is 224 g/mol. The van der Waals surface area contributed by atoms with Crippen molar-refractivity contribution in [3.8, 4) is 0 Å². The van der Waals surface area contributed by atoms with E-state index in [1.165, 1.54) is 0 Å². The number of nitrogens with zero attached hydrogens (tertiary/aromatic N) is 2. The van der Waals surface area contributed by atoms with E-state index in [0.717, 1.165) is 12.1 Å². The van der Waals surface area contributed by atoms with Crippen LogP contribution in [0, 0.1) is 5.92 Å². The molecule has 1 aromatic heterocycles. The first-order valence-corrected chi connectivity index (χ1v) is 5.63. The molecule has 0 aliphatic heterocycles. The van der Waals surface area contributed by atoms with E-state index in [1.807, 2.05) is 20.0 Å². The topological polar surface area (TPSA) is 72.9 Å². The minimum absolute atomic E-state index is 0.0329. The van der Waals surface area contributed by atoms with Crippen molar-refractivity contribution in [1.29, 1.82) is 0 Å². The summed E-state index contributed by atoms with van der Waals surface area (Å²) >= 11 is 0. The average molecular weight is 224 g/mol. The van der Waals surface area contributed by atoms with Crippen LogP contribution in [0.15, 0.2) is 12.3 Å². The number of nitrogens with two attached hydrogens (primary N) is 1. The summed E-state index contributed by atoms with van der Waals surface area (Å²) in [5.74, 6) is -0.132. The molecule has 0 fully saturated rings. The van der Waals surface area contributed by atoms with Crippen molar-refractivity contribution < 1.29 is 4.79 Å². The van der Waals surface area contributed by atoms with Crippen LogP contribution in [0.4, 0.5) is 0 Å². The summed E-state index contributed by atoms with van der Waals surface area (Å²) in [4.78, 5) is 11.7. The third-order valence-electron chi connectivity index (χ3n) is 2.58. The molecule has 1 aromatic rings. The van der Waals surface area contributed by atoms with Gasteiger partial charge in [0.15, 0.2) is 0 Å². The lowest BCUT2D eigenvalue weighted by molar-refractivity contribution is -0.124. The smallest absolute Gasteiger partial charge is 0.224 e. The van der Waals surface area contributed by atoms with Crippen molar-refractivity contribution >= 4 is 5.91 Å². The number of hydrogen-bond donors (Lipinski definition) is 2. The molecule has 0 saturated carbocycles. The molecule has 16 heavy (non-hydrogen) atoms. The van der Waals surface area contributed by atoms with Crippen molar-refractivity contribution in [2.75, 3.05) is 13.1 Å². The summed E-state index contributed by atoms with van der Waals surface area (Å²) in [6.45, 7) is 3.10. The van der Waals surface area contributed by atoms with Crippen molar-refractivity contribution in [1.82, 2.24) is 15.1 Å². The molecule has 1 heterocycles. The van der Waals surface area contributed by atoms with Crippen LogP contribution in [0.5, 0.6) is 0 Å². The molecule has 90 valence electrons. The van der Waals surface area contributed by atoms with Crippen LogP contribution in [0.2, 0.25) is 0 Å². The van der Waals surface area contributed by atoms with Gasteiger partial charge in [-0.25, -0.2) is 0 Å². The average Bonchev–Trinajstić information content (AvgIpc) is 2.68. The summed E-state index contributed by atoms with van der Waals surface area (Å²) in [5.41, 5.74) is 6.65. The van der Waals surface area contributed by atoms with Crippen LogP contribution in [0.3, 0.4) is 0 Å². The highest BCUT2D eigenvalue weighted by Gasteiger charge is 2.17. The second-order valence-electron chi connectivity index (χ2n) is 3.87. The number of amides is 1. The Balaban J connectivity index is 2.55. The Hall–Kier alpha value is -1.36. The van der Waals surface area contributed by atoms with E-state index in [4.69, 9.17) is 5.73 Å². The van der Waals surface area contributed by atoms with E-state index in [1.54, 1.807) is 10.9 Å². The van der Waals surface area contributed by atoms with Crippen LogP contribution < -0.4 is 11.1 Å². The Kier molecular flexibility index (Phi) is 4.98. The lowest BCUT2D eigenvalue weighted by Crippen LogP contribution is -2.37. The largest absolute Gasteiger partial charge is 0.356 e. The highest BCUT2D eigenvalue weighted by Crippen LogP contribution is 2.06. The van der Waals surface area contributed by atoms with Gasteiger partial charge in [-0.2, -0.15) is 5.10 Å². The van der Waals surface area contributed by atoms with Crippen LogP contribution in [0.1, 0.15) is 19.0 Å². The molecule has 3 N–H and O–H groups in total. The van der Waals surface area contributed by atoms with E-state index < -0.39 is 0 Å². The molecule has 0 saturated heterocycles. The van der Waals surface area contributed by atoms with Crippen molar-refractivity contribution in [2.45, 2.75) is 19.8 Å². The van der Waals surface area contributed by atoms with E-state index in [0.29, 0.717) is 19.5 Å². The molecule has 5 heteroatoms. The van der Waals surface area contributed by atoms with Crippen LogP contribution in [-0.4, -0.2) is 28.8 Å². The molecule has 1 rings (SSSR count). The quantitative estimate of drug-likeness (QED) is 0.718. The van der Waals surface area contributed by atoms with E-state index in [9.17, 15) is 4.79 Å². The van der Waals surface area contributed by atoms with Gasteiger partial charge in [0.25, 0.3) is 0 Å². The van der Waals surface area contributed by atoms with Gasteiger partial charge in [0.2, 0.25) is 5.91 Å². The van der Waals surface area contributed by atoms with E-state index in [2.05, 4.69) is 10.4 Å². The van der Waals surface area contributed by atoms with Crippen molar-refractivity contribution in [3.05, 3.63) is 18.0 Å². The van der Waals surface area contributed by atoms with Gasteiger partial charge >= 0.3 is 0 Å². The number of carbonyl (C=O) groups is 1. The molecular weight excluding hydrogens is 204 g/mol. The number of rotatable bonds is 6. The lowest BCUT2D eigenvalue weighted by Gasteiger charge is -2.14. The van der Waals surface area contributed by atoms with Crippen molar-refractivity contribution in [2.24, 2.45) is 18.7 Å². The maximum Gasteiger partial charge on any atom is 0.224 e.